The number of methoxy groups -OCH3 is 1. The molecule has 0 unspecified atom stereocenters. The van der Waals surface area contributed by atoms with Crippen LogP contribution in [0.3, 0.4) is 0 Å². The smallest absolute Gasteiger partial charge is 0.263 e. The summed E-state index contributed by atoms with van der Waals surface area (Å²) in [4.78, 5) is 17.0. The molecule has 1 amide bonds. The molecular formula is C13H23N3O2S. The minimum atomic E-state index is -0.0320. The van der Waals surface area contributed by atoms with Crippen molar-refractivity contribution < 1.29 is 9.53 Å². The molecule has 0 radical (unpaired) electrons. The topological polar surface area (TPSA) is 63.2 Å². The average Bonchev–Trinajstić information content (AvgIpc) is 2.70. The Balaban J connectivity index is 2.50. The molecule has 0 aliphatic carbocycles. The number of aryl methyl sites for hydroxylation is 1. The number of hydrogen-bond donors (Lipinski definition) is 2. The summed E-state index contributed by atoms with van der Waals surface area (Å²) in [5.74, 6) is 0.560. The van der Waals surface area contributed by atoms with E-state index in [0.29, 0.717) is 30.5 Å². The van der Waals surface area contributed by atoms with E-state index in [2.05, 4.69) is 29.5 Å². The molecule has 0 saturated heterocycles. The summed E-state index contributed by atoms with van der Waals surface area (Å²) < 4.78 is 4.96. The predicted molar refractivity (Wildman–Crippen MR) is 79.0 cm³/mol. The molecule has 6 heteroatoms. The van der Waals surface area contributed by atoms with Gasteiger partial charge in [-0.25, -0.2) is 4.98 Å². The maximum Gasteiger partial charge on any atom is 0.263 e. The monoisotopic (exact) mass is 285 g/mol. The van der Waals surface area contributed by atoms with Gasteiger partial charge < -0.3 is 15.4 Å². The molecule has 1 aromatic heterocycles. The molecule has 19 heavy (non-hydrogen) atoms. The van der Waals surface area contributed by atoms with Crippen molar-refractivity contribution in [2.45, 2.75) is 27.2 Å². The van der Waals surface area contributed by atoms with Crippen LogP contribution in [0.1, 0.15) is 35.6 Å². The Labute approximate surface area is 118 Å². The van der Waals surface area contributed by atoms with Crippen molar-refractivity contribution in [3.05, 3.63) is 10.6 Å². The Hall–Kier alpha value is -1.14. The number of hydrogen-bond acceptors (Lipinski definition) is 5. The predicted octanol–water partition coefficient (Wildman–Crippen LogP) is 2.29. The third-order valence-corrected chi connectivity index (χ3v) is 3.71. The van der Waals surface area contributed by atoms with Gasteiger partial charge in [-0.2, -0.15) is 0 Å². The van der Waals surface area contributed by atoms with Gasteiger partial charge in [-0.1, -0.05) is 25.2 Å². The van der Waals surface area contributed by atoms with Gasteiger partial charge >= 0.3 is 0 Å². The summed E-state index contributed by atoms with van der Waals surface area (Å²) in [6.07, 6.45) is 0.989. The average molecular weight is 285 g/mol. The Bertz CT molecular complexity index is 405. The number of carbonyl (C=O) groups excluding carboxylic acids is 1. The molecule has 0 bridgehead atoms. The van der Waals surface area contributed by atoms with Gasteiger partial charge in [-0.05, 0) is 19.3 Å². The zero-order valence-corrected chi connectivity index (χ0v) is 12.9. The molecule has 1 aromatic rings. The number of nitrogens with one attached hydrogen (secondary N) is 2. The van der Waals surface area contributed by atoms with Crippen molar-refractivity contribution in [2.24, 2.45) is 5.92 Å². The number of rotatable bonds is 8. The molecule has 0 aliphatic heterocycles. The Morgan fingerprint density at radius 3 is 2.79 bits per heavy atom. The molecule has 0 aliphatic rings. The highest BCUT2D eigenvalue weighted by molar-refractivity contribution is 7.17. The first kappa shape index (κ1) is 15.9. The SMILES string of the molecule is COCCNc1nc(C)c(C(=O)NCCC(C)C)s1. The van der Waals surface area contributed by atoms with Crippen molar-refractivity contribution in [2.75, 3.05) is 32.1 Å². The van der Waals surface area contributed by atoms with Crippen LogP contribution in [0.2, 0.25) is 0 Å². The minimum Gasteiger partial charge on any atom is -0.383 e. The van der Waals surface area contributed by atoms with E-state index in [0.717, 1.165) is 17.2 Å². The highest BCUT2D eigenvalue weighted by atomic mass is 32.1. The second-order valence-corrected chi connectivity index (χ2v) is 5.79. The first-order chi connectivity index (χ1) is 9.04. The van der Waals surface area contributed by atoms with Crippen LogP contribution in [0.15, 0.2) is 0 Å². The van der Waals surface area contributed by atoms with E-state index >= 15 is 0 Å². The first-order valence-corrected chi connectivity index (χ1v) is 7.34. The molecular weight excluding hydrogens is 262 g/mol. The van der Waals surface area contributed by atoms with E-state index in [1.165, 1.54) is 11.3 Å². The number of thiazole rings is 1. The van der Waals surface area contributed by atoms with Gasteiger partial charge in [0.2, 0.25) is 0 Å². The Morgan fingerprint density at radius 2 is 2.16 bits per heavy atom. The van der Waals surface area contributed by atoms with Crippen LogP contribution in [0.25, 0.3) is 0 Å². The highest BCUT2D eigenvalue weighted by Gasteiger charge is 2.14. The van der Waals surface area contributed by atoms with Gasteiger partial charge in [0.1, 0.15) is 4.88 Å². The fraction of sp³-hybridized carbons (Fsp3) is 0.692. The zero-order chi connectivity index (χ0) is 14.3. The molecule has 0 atom stereocenters. The first-order valence-electron chi connectivity index (χ1n) is 6.53. The standard InChI is InChI=1S/C13H23N3O2S/c1-9(2)5-6-14-12(17)11-10(3)16-13(19-11)15-7-8-18-4/h9H,5-8H2,1-4H3,(H,14,17)(H,15,16). The van der Waals surface area contributed by atoms with Crippen LogP contribution in [0, 0.1) is 12.8 Å². The molecule has 0 aromatic carbocycles. The quantitative estimate of drug-likeness (QED) is 0.719. The molecule has 0 fully saturated rings. The van der Waals surface area contributed by atoms with Gasteiger partial charge in [0.25, 0.3) is 5.91 Å². The summed E-state index contributed by atoms with van der Waals surface area (Å²) in [5.41, 5.74) is 0.770. The van der Waals surface area contributed by atoms with Crippen molar-refractivity contribution in [3.63, 3.8) is 0 Å². The number of nitrogens with zero attached hydrogens (tertiary/aromatic N) is 1. The fourth-order valence-corrected chi connectivity index (χ4v) is 2.41. The lowest BCUT2D eigenvalue weighted by Gasteiger charge is -2.05. The molecule has 5 nitrogen and oxygen atoms in total. The van der Waals surface area contributed by atoms with Crippen molar-refractivity contribution in [3.8, 4) is 0 Å². The fourth-order valence-electron chi connectivity index (χ4n) is 1.50. The molecule has 1 heterocycles. The number of amides is 1. The van der Waals surface area contributed by atoms with Crippen molar-refractivity contribution >= 4 is 22.4 Å². The lowest BCUT2D eigenvalue weighted by molar-refractivity contribution is 0.0955. The van der Waals surface area contributed by atoms with E-state index in [1.807, 2.05) is 6.92 Å². The van der Waals surface area contributed by atoms with Crippen LogP contribution in [-0.2, 0) is 4.74 Å². The number of aromatic nitrogens is 1. The van der Waals surface area contributed by atoms with E-state index in [1.54, 1.807) is 7.11 Å². The third kappa shape index (κ3) is 5.57. The summed E-state index contributed by atoms with van der Waals surface area (Å²) in [6.45, 7) is 8.16. The molecule has 1 rings (SSSR count). The van der Waals surface area contributed by atoms with Gasteiger partial charge in [0.15, 0.2) is 5.13 Å². The lowest BCUT2D eigenvalue weighted by Crippen LogP contribution is -2.25. The van der Waals surface area contributed by atoms with Crippen molar-refractivity contribution in [1.82, 2.24) is 10.3 Å². The van der Waals surface area contributed by atoms with E-state index < -0.39 is 0 Å². The molecule has 2 N–H and O–H groups in total. The van der Waals surface area contributed by atoms with Crippen LogP contribution < -0.4 is 10.6 Å². The molecule has 108 valence electrons. The third-order valence-electron chi connectivity index (χ3n) is 2.59. The van der Waals surface area contributed by atoms with Gasteiger partial charge in [-0.3, -0.25) is 4.79 Å². The second kappa shape index (κ2) is 8.12. The second-order valence-electron chi connectivity index (χ2n) is 4.79. The van der Waals surface area contributed by atoms with Crippen molar-refractivity contribution in [1.29, 1.82) is 0 Å². The maximum atomic E-state index is 12.0. The Kier molecular flexibility index (Phi) is 6.80. The maximum absolute atomic E-state index is 12.0. The van der Waals surface area contributed by atoms with Crippen LogP contribution >= 0.6 is 11.3 Å². The van der Waals surface area contributed by atoms with Crippen LogP contribution in [0.5, 0.6) is 0 Å². The van der Waals surface area contributed by atoms with Crippen LogP contribution in [-0.4, -0.2) is 37.7 Å². The highest BCUT2D eigenvalue weighted by Crippen LogP contribution is 2.22. The minimum absolute atomic E-state index is 0.0320. The van der Waals surface area contributed by atoms with E-state index in [9.17, 15) is 4.79 Å². The normalized spacial score (nSPS) is 10.8. The lowest BCUT2D eigenvalue weighted by atomic mass is 10.1. The van der Waals surface area contributed by atoms with Gasteiger partial charge in [0, 0.05) is 20.2 Å². The summed E-state index contributed by atoms with van der Waals surface area (Å²) in [5, 5.41) is 6.84. The largest absolute Gasteiger partial charge is 0.383 e. The Morgan fingerprint density at radius 1 is 1.42 bits per heavy atom. The molecule has 0 spiro atoms. The summed E-state index contributed by atoms with van der Waals surface area (Å²) >= 11 is 1.39. The molecule has 0 saturated carbocycles. The summed E-state index contributed by atoms with van der Waals surface area (Å²) in [6, 6.07) is 0. The van der Waals surface area contributed by atoms with E-state index in [4.69, 9.17) is 4.74 Å². The number of carbonyl (C=O) groups is 1. The zero-order valence-electron chi connectivity index (χ0n) is 12.1. The number of ether oxygens (including phenoxy) is 1. The van der Waals surface area contributed by atoms with Crippen LogP contribution in [0.4, 0.5) is 5.13 Å². The number of anilines is 1. The summed E-state index contributed by atoms with van der Waals surface area (Å²) in [7, 11) is 1.66. The van der Waals surface area contributed by atoms with E-state index in [-0.39, 0.29) is 5.91 Å². The van der Waals surface area contributed by atoms with Gasteiger partial charge in [-0.15, -0.1) is 0 Å². The van der Waals surface area contributed by atoms with Gasteiger partial charge in [0.05, 0.1) is 12.3 Å².